The lowest BCUT2D eigenvalue weighted by molar-refractivity contribution is -0.124. The monoisotopic (exact) mass is 343 g/mol. The van der Waals surface area contributed by atoms with Gasteiger partial charge in [-0.15, -0.1) is 11.6 Å². The molecule has 0 aliphatic carbocycles. The van der Waals surface area contributed by atoms with Crippen LogP contribution < -0.4 is 5.43 Å². The van der Waals surface area contributed by atoms with Gasteiger partial charge in [0.25, 0.3) is 0 Å². The van der Waals surface area contributed by atoms with Crippen LogP contribution in [0.4, 0.5) is 0 Å². The number of nitrogens with zero attached hydrogens (tertiary/aromatic N) is 2. The Morgan fingerprint density at radius 1 is 0.917 bits per heavy atom. The third-order valence-corrected chi connectivity index (χ3v) is 4.56. The Bertz CT molecular complexity index is 603. The molecule has 0 unspecified atom stereocenters. The number of hydrogen-bond acceptors (Lipinski definition) is 3. The van der Waals surface area contributed by atoms with Gasteiger partial charge in [0.2, 0.25) is 5.91 Å². The van der Waals surface area contributed by atoms with Crippen LogP contribution in [-0.2, 0) is 4.79 Å². The summed E-state index contributed by atoms with van der Waals surface area (Å²) in [7, 11) is 0. The Labute approximate surface area is 148 Å². The van der Waals surface area contributed by atoms with Gasteiger partial charge in [0.1, 0.15) is 5.88 Å². The number of rotatable bonds is 5. The molecule has 1 aliphatic heterocycles. The topological polar surface area (TPSA) is 35.6 Å². The summed E-state index contributed by atoms with van der Waals surface area (Å²) in [5.41, 5.74) is 5.43. The highest BCUT2D eigenvalue weighted by Crippen LogP contribution is 2.29. The minimum Gasteiger partial charge on any atom is -0.290 e. The molecular weight excluding hydrogens is 322 g/mol. The minimum absolute atomic E-state index is 0.00311. The Balaban J connectivity index is 1.75. The van der Waals surface area contributed by atoms with Crippen molar-refractivity contribution in [3.8, 4) is 0 Å². The number of benzene rings is 2. The van der Waals surface area contributed by atoms with E-state index < -0.39 is 0 Å². The van der Waals surface area contributed by atoms with E-state index in [1.165, 1.54) is 11.1 Å². The first kappa shape index (κ1) is 17.0. The third kappa shape index (κ3) is 4.15. The van der Waals surface area contributed by atoms with Crippen LogP contribution in [0.2, 0.25) is 0 Å². The number of hydrogen-bond donors (Lipinski definition) is 1. The fourth-order valence-electron chi connectivity index (χ4n) is 3.18. The second-order valence-electron chi connectivity index (χ2n) is 5.92. The van der Waals surface area contributed by atoms with E-state index in [4.69, 9.17) is 11.6 Å². The van der Waals surface area contributed by atoms with E-state index >= 15 is 0 Å². The van der Waals surface area contributed by atoms with Gasteiger partial charge in [-0.05, 0) is 11.1 Å². The summed E-state index contributed by atoms with van der Waals surface area (Å²) in [5, 5.41) is 1.95. The molecule has 0 bridgehead atoms. The molecule has 0 atom stereocenters. The van der Waals surface area contributed by atoms with Crippen molar-refractivity contribution < 1.29 is 4.79 Å². The van der Waals surface area contributed by atoms with Crippen LogP contribution >= 0.6 is 11.6 Å². The number of nitrogens with one attached hydrogen (secondary N) is 1. The van der Waals surface area contributed by atoms with Crippen molar-refractivity contribution in [2.45, 2.75) is 6.04 Å². The Hall–Kier alpha value is -1.88. The van der Waals surface area contributed by atoms with Crippen LogP contribution in [0.5, 0.6) is 0 Å². The van der Waals surface area contributed by atoms with Crippen molar-refractivity contribution in [3.63, 3.8) is 0 Å². The molecule has 1 aliphatic rings. The van der Waals surface area contributed by atoms with Crippen molar-refractivity contribution in [2.75, 3.05) is 32.1 Å². The molecule has 0 spiro atoms. The molecule has 24 heavy (non-hydrogen) atoms. The van der Waals surface area contributed by atoms with E-state index in [-0.39, 0.29) is 17.8 Å². The fourth-order valence-corrected chi connectivity index (χ4v) is 3.24. The number of carbonyl (C=O) groups is 1. The maximum atomic E-state index is 11.4. The number of alkyl halides is 1. The number of halogens is 1. The number of carbonyl (C=O) groups excluding carboxylic acids is 1. The highest BCUT2D eigenvalue weighted by Gasteiger charge is 2.26. The van der Waals surface area contributed by atoms with Crippen LogP contribution in [0.3, 0.4) is 0 Å². The number of hydrazine groups is 1. The van der Waals surface area contributed by atoms with E-state index in [1.807, 2.05) is 17.1 Å². The summed E-state index contributed by atoms with van der Waals surface area (Å²) >= 11 is 5.56. The zero-order valence-electron chi connectivity index (χ0n) is 13.6. The van der Waals surface area contributed by atoms with E-state index in [1.54, 1.807) is 0 Å². The van der Waals surface area contributed by atoms with E-state index in [9.17, 15) is 4.79 Å². The van der Waals surface area contributed by atoms with Gasteiger partial charge >= 0.3 is 0 Å². The van der Waals surface area contributed by atoms with Gasteiger partial charge in [-0.1, -0.05) is 60.7 Å². The highest BCUT2D eigenvalue weighted by atomic mass is 35.5. The first-order valence-electron chi connectivity index (χ1n) is 8.22. The van der Waals surface area contributed by atoms with Gasteiger partial charge in [-0.2, -0.15) is 0 Å². The van der Waals surface area contributed by atoms with Crippen molar-refractivity contribution in [3.05, 3.63) is 71.8 Å². The van der Waals surface area contributed by atoms with Crippen LogP contribution in [-0.4, -0.2) is 47.9 Å². The van der Waals surface area contributed by atoms with Crippen molar-refractivity contribution >= 4 is 17.5 Å². The quantitative estimate of drug-likeness (QED) is 0.848. The Morgan fingerprint density at radius 3 is 1.88 bits per heavy atom. The van der Waals surface area contributed by atoms with Gasteiger partial charge in [0, 0.05) is 26.2 Å². The van der Waals surface area contributed by atoms with Gasteiger partial charge in [-0.3, -0.25) is 15.1 Å². The van der Waals surface area contributed by atoms with Gasteiger partial charge in [0.15, 0.2) is 0 Å². The summed E-state index contributed by atoms with van der Waals surface area (Å²) in [4.78, 5) is 13.9. The maximum absolute atomic E-state index is 11.4. The van der Waals surface area contributed by atoms with Gasteiger partial charge in [-0.25, -0.2) is 5.01 Å². The molecule has 0 saturated carbocycles. The predicted octanol–water partition coefficient (Wildman–Crippen LogP) is 2.66. The predicted molar refractivity (Wildman–Crippen MR) is 96.7 cm³/mol. The largest absolute Gasteiger partial charge is 0.290 e. The number of amides is 1. The molecule has 1 heterocycles. The summed E-state index contributed by atoms with van der Waals surface area (Å²) in [5.74, 6) is -0.149. The average Bonchev–Trinajstić information content (AvgIpc) is 2.65. The molecule has 2 aromatic rings. The normalized spacial score (nSPS) is 16.2. The van der Waals surface area contributed by atoms with Gasteiger partial charge < -0.3 is 0 Å². The standard InChI is InChI=1S/C19H22ClN3O/c20-15-18(24)21-23-13-11-22(12-14-23)19(16-7-3-1-4-8-16)17-9-5-2-6-10-17/h1-10,19H,11-15H2,(H,21,24). The summed E-state index contributed by atoms with van der Waals surface area (Å²) in [6.07, 6.45) is 0. The Kier molecular flexibility index (Phi) is 5.86. The second kappa shape index (κ2) is 8.29. The fraction of sp³-hybridized carbons (Fsp3) is 0.316. The lowest BCUT2D eigenvalue weighted by Gasteiger charge is -2.39. The number of piperazine rings is 1. The molecule has 4 nitrogen and oxygen atoms in total. The van der Waals surface area contributed by atoms with Crippen LogP contribution in [0, 0.1) is 0 Å². The first-order valence-corrected chi connectivity index (χ1v) is 8.75. The zero-order valence-corrected chi connectivity index (χ0v) is 14.3. The summed E-state index contributed by atoms with van der Waals surface area (Å²) < 4.78 is 0. The SMILES string of the molecule is O=C(CCl)NN1CCN(C(c2ccccc2)c2ccccc2)CC1. The summed E-state index contributed by atoms with van der Waals surface area (Å²) in [6.45, 7) is 3.35. The molecule has 126 valence electrons. The first-order chi connectivity index (χ1) is 11.8. The maximum Gasteiger partial charge on any atom is 0.249 e. The van der Waals surface area contributed by atoms with Crippen LogP contribution in [0.25, 0.3) is 0 Å². The van der Waals surface area contributed by atoms with Gasteiger partial charge in [0.05, 0.1) is 6.04 Å². The highest BCUT2D eigenvalue weighted by molar-refractivity contribution is 6.27. The average molecular weight is 344 g/mol. The lowest BCUT2D eigenvalue weighted by atomic mass is 9.96. The van der Waals surface area contributed by atoms with Crippen molar-refractivity contribution in [1.29, 1.82) is 0 Å². The third-order valence-electron chi connectivity index (χ3n) is 4.31. The molecule has 0 aromatic heterocycles. The molecule has 5 heteroatoms. The van der Waals surface area contributed by atoms with Crippen molar-refractivity contribution in [1.82, 2.24) is 15.3 Å². The molecule has 0 radical (unpaired) electrons. The van der Waals surface area contributed by atoms with Crippen LogP contribution in [0.15, 0.2) is 60.7 Å². The minimum atomic E-state index is -0.146. The smallest absolute Gasteiger partial charge is 0.249 e. The van der Waals surface area contributed by atoms with Crippen molar-refractivity contribution in [2.24, 2.45) is 0 Å². The molecule has 1 N–H and O–H groups in total. The summed E-state index contributed by atoms with van der Waals surface area (Å²) in [6, 6.07) is 21.4. The zero-order chi connectivity index (χ0) is 16.8. The van der Waals surface area contributed by atoms with E-state index in [0.29, 0.717) is 0 Å². The molecule has 1 saturated heterocycles. The lowest BCUT2D eigenvalue weighted by Crippen LogP contribution is -2.54. The van der Waals surface area contributed by atoms with E-state index in [2.05, 4.69) is 58.9 Å². The van der Waals surface area contributed by atoms with Crippen LogP contribution in [0.1, 0.15) is 17.2 Å². The molecular formula is C19H22ClN3O. The van der Waals surface area contributed by atoms with E-state index in [0.717, 1.165) is 26.2 Å². The molecule has 1 fully saturated rings. The molecule has 2 aromatic carbocycles. The molecule has 3 rings (SSSR count). The Morgan fingerprint density at radius 2 is 1.42 bits per heavy atom. The second-order valence-corrected chi connectivity index (χ2v) is 6.18. The molecule has 1 amide bonds.